The monoisotopic (exact) mass is 283 g/mol. The van der Waals surface area contributed by atoms with Crippen molar-refractivity contribution in [3.05, 3.63) is 42.0 Å². The van der Waals surface area contributed by atoms with E-state index in [2.05, 4.69) is 4.98 Å². The molecule has 1 aromatic heterocycles. The van der Waals surface area contributed by atoms with Crippen LogP contribution >= 0.6 is 0 Å². The molecule has 0 fully saturated rings. The van der Waals surface area contributed by atoms with Crippen LogP contribution in [0.1, 0.15) is 11.5 Å². The van der Waals surface area contributed by atoms with Crippen LogP contribution in [-0.2, 0) is 19.3 Å². The number of phenolic OH excluding ortho intramolecular Hbond substituents is 1. The molecule has 0 bridgehead atoms. The summed E-state index contributed by atoms with van der Waals surface area (Å²) < 4.78 is 39.5. The Bertz CT molecular complexity index is 619. The minimum Gasteiger partial charge on any atom is -0.508 e. The first-order chi connectivity index (χ1) is 9.45. The molecular weight excluding hydrogens is 271 g/mol. The summed E-state index contributed by atoms with van der Waals surface area (Å²) in [6, 6.07) is 6.58. The fourth-order valence-corrected chi connectivity index (χ4v) is 2.37. The smallest absolute Gasteiger partial charge is 0.433 e. The first kappa shape index (κ1) is 12.8. The summed E-state index contributed by atoms with van der Waals surface area (Å²) in [5.41, 5.74) is 0.156. The molecule has 4 nitrogen and oxygen atoms in total. The van der Waals surface area contributed by atoms with Crippen LogP contribution in [0.2, 0.25) is 0 Å². The number of hydrogen-bond donors (Lipinski definition) is 1. The fourth-order valence-electron chi connectivity index (χ4n) is 2.37. The van der Waals surface area contributed by atoms with Crippen LogP contribution in [0, 0.1) is 0 Å². The number of fused-ring (bicyclic) bond motifs is 1. The zero-order valence-electron chi connectivity index (χ0n) is 10.4. The second-order valence-electron chi connectivity index (χ2n) is 4.65. The summed E-state index contributed by atoms with van der Waals surface area (Å²) in [6.45, 7) is 1.03. The zero-order valence-corrected chi connectivity index (χ0v) is 10.4. The number of imidazole rings is 1. The average Bonchev–Trinajstić information content (AvgIpc) is 2.82. The molecule has 2 aromatic rings. The molecule has 0 amide bonds. The van der Waals surface area contributed by atoms with Crippen molar-refractivity contribution < 1.29 is 18.3 Å². The highest BCUT2D eigenvalue weighted by Gasteiger charge is 2.37. The lowest BCUT2D eigenvalue weighted by molar-refractivity contribution is -0.143. The Morgan fingerprint density at radius 1 is 1.10 bits per heavy atom. The van der Waals surface area contributed by atoms with Crippen LogP contribution in [-0.4, -0.2) is 21.2 Å². The van der Waals surface area contributed by atoms with E-state index in [1.165, 1.54) is 4.57 Å². The molecule has 1 aromatic carbocycles. The number of benzene rings is 1. The Labute approximate surface area is 113 Å². The molecule has 7 heteroatoms. The van der Waals surface area contributed by atoms with Crippen molar-refractivity contribution in [2.75, 3.05) is 11.4 Å². The second-order valence-corrected chi connectivity index (χ2v) is 4.65. The van der Waals surface area contributed by atoms with Crippen molar-refractivity contribution in [3.63, 3.8) is 0 Å². The molecule has 0 spiro atoms. The van der Waals surface area contributed by atoms with E-state index in [0.717, 1.165) is 11.9 Å². The first-order valence-electron chi connectivity index (χ1n) is 6.11. The highest BCUT2D eigenvalue weighted by molar-refractivity contribution is 5.49. The minimum atomic E-state index is -4.37. The second kappa shape index (κ2) is 4.43. The van der Waals surface area contributed by atoms with Crippen molar-refractivity contribution >= 4 is 5.69 Å². The molecule has 106 valence electrons. The molecule has 0 saturated heterocycles. The van der Waals surface area contributed by atoms with Gasteiger partial charge in [-0.2, -0.15) is 13.2 Å². The van der Waals surface area contributed by atoms with Gasteiger partial charge in [0.25, 0.3) is 0 Å². The standard InChI is InChI=1S/C13H12F3N3O/c14-13(15,16)11-7-17-12-8-18(5-6-19(11)12)9-1-3-10(20)4-2-9/h1-4,7,20H,5-6,8H2. The van der Waals surface area contributed by atoms with Gasteiger partial charge in [0, 0.05) is 18.8 Å². The van der Waals surface area contributed by atoms with Gasteiger partial charge in [0.2, 0.25) is 0 Å². The first-order valence-corrected chi connectivity index (χ1v) is 6.11. The molecule has 0 atom stereocenters. The molecule has 3 rings (SSSR count). The number of aromatic nitrogens is 2. The van der Waals surface area contributed by atoms with Crippen molar-refractivity contribution in [2.24, 2.45) is 0 Å². The summed E-state index contributed by atoms with van der Waals surface area (Å²) >= 11 is 0. The van der Waals surface area contributed by atoms with Crippen LogP contribution in [0.25, 0.3) is 0 Å². The predicted octanol–water partition coefficient (Wildman–Crippen LogP) is 2.63. The Kier molecular flexibility index (Phi) is 2.84. The number of anilines is 1. The van der Waals surface area contributed by atoms with E-state index < -0.39 is 11.9 Å². The van der Waals surface area contributed by atoms with E-state index in [1.54, 1.807) is 24.3 Å². The Morgan fingerprint density at radius 3 is 2.45 bits per heavy atom. The van der Waals surface area contributed by atoms with E-state index in [0.29, 0.717) is 18.9 Å². The number of aromatic hydroxyl groups is 1. The van der Waals surface area contributed by atoms with Crippen LogP contribution in [0.5, 0.6) is 5.75 Å². The molecule has 0 unspecified atom stereocenters. The van der Waals surface area contributed by atoms with Crippen molar-refractivity contribution in [1.29, 1.82) is 0 Å². The van der Waals surface area contributed by atoms with Crippen molar-refractivity contribution in [1.82, 2.24) is 9.55 Å². The van der Waals surface area contributed by atoms with Crippen LogP contribution < -0.4 is 4.90 Å². The summed E-state index contributed by atoms with van der Waals surface area (Å²) in [5, 5.41) is 9.25. The molecule has 0 saturated carbocycles. The number of halogens is 3. The van der Waals surface area contributed by atoms with Gasteiger partial charge in [0.15, 0.2) is 0 Å². The lowest BCUT2D eigenvalue weighted by atomic mass is 10.2. The van der Waals surface area contributed by atoms with Gasteiger partial charge in [-0.25, -0.2) is 4.98 Å². The Hall–Kier alpha value is -2.18. The van der Waals surface area contributed by atoms with Gasteiger partial charge in [-0.1, -0.05) is 0 Å². The molecule has 1 aliphatic rings. The van der Waals surface area contributed by atoms with Crippen LogP contribution in [0.4, 0.5) is 18.9 Å². The van der Waals surface area contributed by atoms with Gasteiger partial charge >= 0.3 is 6.18 Å². The topological polar surface area (TPSA) is 41.3 Å². The number of rotatable bonds is 1. The third-order valence-corrected chi connectivity index (χ3v) is 3.37. The predicted molar refractivity (Wildman–Crippen MR) is 66.4 cm³/mol. The van der Waals surface area contributed by atoms with Gasteiger partial charge in [0.05, 0.1) is 12.7 Å². The van der Waals surface area contributed by atoms with Gasteiger partial charge in [-0.15, -0.1) is 0 Å². The largest absolute Gasteiger partial charge is 0.508 e. The zero-order chi connectivity index (χ0) is 14.3. The van der Waals surface area contributed by atoms with Crippen molar-refractivity contribution in [3.8, 4) is 5.75 Å². The molecular formula is C13H12F3N3O. The molecule has 0 aliphatic carbocycles. The Balaban J connectivity index is 1.86. The van der Waals surface area contributed by atoms with Crippen LogP contribution in [0.3, 0.4) is 0 Å². The average molecular weight is 283 g/mol. The SMILES string of the molecule is Oc1ccc(N2CCn3c(C(F)(F)F)cnc3C2)cc1. The van der Waals surface area contributed by atoms with Gasteiger partial charge in [-0.3, -0.25) is 0 Å². The third-order valence-electron chi connectivity index (χ3n) is 3.37. The lowest BCUT2D eigenvalue weighted by Gasteiger charge is -2.30. The summed E-state index contributed by atoms with van der Waals surface area (Å²) in [4.78, 5) is 5.80. The Morgan fingerprint density at radius 2 is 1.80 bits per heavy atom. The molecule has 20 heavy (non-hydrogen) atoms. The number of phenols is 1. The summed E-state index contributed by atoms with van der Waals surface area (Å²) in [7, 11) is 0. The van der Waals surface area contributed by atoms with E-state index >= 15 is 0 Å². The number of hydrogen-bond acceptors (Lipinski definition) is 3. The highest BCUT2D eigenvalue weighted by atomic mass is 19.4. The minimum absolute atomic E-state index is 0.159. The van der Waals surface area contributed by atoms with Gasteiger partial charge < -0.3 is 14.6 Å². The number of alkyl halides is 3. The van der Waals surface area contributed by atoms with E-state index in [-0.39, 0.29) is 12.3 Å². The quantitative estimate of drug-likeness (QED) is 0.874. The lowest BCUT2D eigenvalue weighted by Crippen LogP contribution is -2.35. The van der Waals surface area contributed by atoms with Crippen LogP contribution in [0.15, 0.2) is 30.5 Å². The van der Waals surface area contributed by atoms with E-state index in [9.17, 15) is 18.3 Å². The van der Waals surface area contributed by atoms with E-state index in [1.807, 2.05) is 4.90 Å². The molecule has 0 radical (unpaired) electrons. The molecule has 2 heterocycles. The maximum absolute atomic E-state index is 12.8. The van der Waals surface area contributed by atoms with Gasteiger partial charge in [-0.05, 0) is 24.3 Å². The highest BCUT2D eigenvalue weighted by Crippen LogP contribution is 2.32. The normalized spacial score (nSPS) is 15.2. The van der Waals surface area contributed by atoms with Crippen molar-refractivity contribution in [2.45, 2.75) is 19.3 Å². The molecule has 1 aliphatic heterocycles. The maximum atomic E-state index is 12.8. The number of nitrogens with zero attached hydrogens (tertiary/aromatic N) is 3. The third kappa shape index (κ3) is 2.19. The summed E-state index contributed by atoms with van der Waals surface area (Å²) in [5.74, 6) is 0.559. The fraction of sp³-hybridized carbons (Fsp3) is 0.308. The van der Waals surface area contributed by atoms with E-state index in [4.69, 9.17) is 0 Å². The van der Waals surface area contributed by atoms with Gasteiger partial charge in [0.1, 0.15) is 17.3 Å². The maximum Gasteiger partial charge on any atom is 0.433 e. The summed E-state index contributed by atoms with van der Waals surface area (Å²) in [6.07, 6.45) is -3.48. The molecule has 1 N–H and O–H groups in total.